The molecule has 2 aromatic rings. The molecule has 3 rings (SSSR count). The number of hydrogen-bond acceptors (Lipinski definition) is 4. The third kappa shape index (κ3) is 3.51. The van der Waals surface area contributed by atoms with E-state index in [4.69, 9.17) is 9.84 Å². The topological polar surface area (TPSA) is 79.7 Å². The van der Waals surface area contributed by atoms with E-state index in [0.29, 0.717) is 12.1 Å². The molecule has 1 saturated heterocycles. The number of aromatic nitrogens is 1. The molecule has 1 fully saturated rings. The Morgan fingerprint density at radius 3 is 2.72 bits per heavy atom. The van der Waals surface area contributed by atoms with Gasteiger partial charge < -0.3 is 14.7 Å². The summed E-state index contributed by atoms with van der Waals surface area (Å²) in [5.41, 5.74) is 0.905. The van der Waals surface area contributed by atoms with Crippen LogP contribution in [-0.2, 0) is 4.74 Å². The van der Waals surface area contributed by atoms with Crippen molar-refractivity contribution in [3.05, 3.63) is 64.7 Å². The molecule has 1 atom stereocenters. The SMILES string of the molecule is Cc1nc(C(=O)N2CCOC(c3ccccc3F)C2)ccc1C(=O)O. The highest BCUT2D eigenvalue weighted by molar-refractivity contribution is 5.94. The van der Waals surface area contributed by atoms with Crippen LogP contribution in [0.15, 0.2) is 36.4 Å². The van der Waals surface area contributed by atoms with Gasteiger partial charge in [0.15, 0.2) is 0 Å². The van der Waals surface area contributed by atoms with Gasteiger partial charge in [-0.05, 0) is 25.1 Å². The van der Waals surface area contributed by atoms with Crippen molar-refractivity contribution in [2.75, 3.05) is 19.7 Å². The van der Waals surface area contributed by atoms with E-state index < -0.39 is 12.1 Å². The second-order valence-corrected chi connectivity index (χ2v) is 5.77. The van der Waals surface area contributed by atoms with Gasteiger partial charge in [0.2, 0.25) is 0 Å². The molecule has 1 aliphatic rings. The maximum Gasteiger partial charge on any atom is 0.337 e. The largest absolute Gasteiger partial charge is 0.478 e. The monoisotopic (exact) mass is 344 g/mol. The molecule has 1 aromatic carbocycles. The second-order valence-electron chi connectivity index (χ2n) is 5.77. The zero-order valence-corrected chi connectivity index (χ0v) is 13.6. The molecule has 1 N–H and O–H groups in total. The van der Waals surface area contributed by atoms with E-state index in [1.54, 1.807) is 30.0 Å². The Kier molecular flexibility index (Phi) is 4.76. The highest BCUT2D eigenvalue weighted by atomic mass is 19.1. The Labute approximate surface area is 143 Å². The lowest BCUT2D eigenvalue weighted by atomic mass is 10.1. The van der Waals surface area contributed by atoms with Crippen LogP contribution < -0.4 is 0 Å². The molecule has 25 heavy (non-hydrogen) atoms. The molecule has 0 aliphatic carbocycles. The van der Waals surface area contributed by atoms with Gasteiger partial charge in [-0.15, -0.1) is 0 Å². The van der Waals surface area contributed by atoms with E-state index in [-0.39, 0.29) is 41.8 Å². The van der Waals surface area contributed by atoms with Crippen LogP contribution in [0.3, 0.4) is 0 Å². The first kappa shape index (κ1) is 17.0. The van der Waals surface area contributed by atoms with Crippen LogP contribution in [0.4, 0.5) is 4.39 Å². The van der Waals surface area contributed by atoms with E-state index in [2.05, 4.69) is 4.98 Å². The zero-order chi connectivity index (χ0) is 18.0. The lowest BCUT2D eigenvalue weighted by Crippen LogP contribution is -2.42. The Morgan fingerprint density at radius 1 is 1.28 bits per heavy atom. The number of nitrogens with zero attached hydrogens (tertiary/aromatic N) is 2. The molecule has 2 heterocycles. The average Bonchev–Trinajstić information content (AvgIpc) is 2.61. The summed E-state index contributed by atoms with van der Waals surface area (Å²) in [6.07, 6.45) is -0.543. The standard InChI is InChI=1S/C18H17FN2O4/c1-11-12(18(23)24)6-7-15(20-11)17(22)21-8-9-25-16(10-21)13-4-2-3-5-14(13)19/h2-7,16H,8-10H2,1H3,(H,23,24). The van der Waals surface area contributed by atoms with Crippen molar-refractivity contribution in [2.45, 2.75) is 13.0 Å². The number of amides is 1. The molecule has 0 spiro atoms. The lowest BCUT2D eigenvalue weighted by molar-refractivity contribution is -0.0245. The number of benzene rings is 1. The Hall–Kier alpha value is -2.80. The molecular formula is C18H17FN2O4. The molecule has 7 heteroatoms. The number of carbonyl (C=O) groups excluding carboxylic acids is 1. The van der Waals surface area contributed by atoms with E-state index >= 15 is 0 Å². The maximum atomic E-state index is 13.9. The van der Waals surface area contributed by atoms with Gasteiger partial charge in [-0.1, -0.05) is 18.2 Å². The number of carboxylic acid groups (broad SMARTS) is 1. The summed E-state index contributed by atoms with van der Waals surface area (Å²) >= 11 is 0. The van der Waals surface area contributed by atoms with Crippen LogP contribution in [0, 0.1) is 12.7 Å². The van der Waals surface area contributed by atoms with Crippen molar-refractivity contribution in [2.24, 2.45) is 0 Å². The van der Waals surface area contributed by atoms with Crippen LogP contribution in [0.2, 0.25) is 0 Å². The van der Waals surface area contributed by atoms with Gasteiger partial charge in [-0.25, -0.2) is 14.2 Å². The Balaban J connectivity index is 1.79. The minimum absolute atomic E-state index is 0.0581. The number of carboxylic acids is 1. The number of carbonyl (C=O) groups is 2. The minimum Gasteiger partial charge on any atom is -0.478 e. The summed E-state index contributed by atoms with van der Waals surface area (Å²) in [5.74, 6) is -1.79. The van der Waals surface area contributed by atoms with Crippen molar-refractivity contribution >= 4 is 11.9 Å². The van der Waals surface area contributed by atoms with Crippen LogP contribution in [-0.4, -0.2) is 46.6 Å². The number of pyridine rings is 1. The normalized spacial score (nSPS) is 17.4. The van der Waals surface area contributed by atoms with Gasteiger partial charge in [0.1, 0.15) is 17.6 Å². The third-order valence-electron chi connectivity index (χ3n) is 4.14. The van der Waals surface area contributed by atoms with E-state index in [9.17, 15) is 14.0 Å². The predicted octanol–water partition coefficient (Wildman–Crippen LogP) is 2.44. The smallest absolute Gasteiger partial charge is 0.337 e. The highest BCUT2D eigenvalue weighted by Crippen LogP contribution is 2.25. The summed E-state index contributed by atoms with van der Waals surface area (Å²) in [6, 6.07) is 9.07. The summed E-state index contributed by atoms with van der Waals surface area (Å²) in [5, 5.41) is 9.04. The van der Waals surface area contributed by atoms with Crippen LogP contribution >= 0.6 is 0 Å². The van der Waals surface area contributed by atoms with Gasteiger partial charge in [-0.3, -0.25) is 4.79 Å². The molecule has 1 aliphatic heterocycles. The maximum absolute atomic E-state index is 13.9. The molecule has 0 bridgehead atoms. The van der Waals surface area contributed by atoms with Gasteiger partial charge in [0.25, 0.3) is 5.91 Å². The first-order valence-electron chi connectivity index (χ1n) is 7.83. The van der Waals surface area contributed by atoms with E-state index in [0.717, 1.165) is 0 Å². The Morgan fingerprint density at radius 2 is 2.04 bits per heavy atom. The van der Waals surface area contributed by atoms with Crippen molar-refractivity contribution in [3.63, 3.8) is 0 Å². The summed E-state index contributed by atoms with van der Waals surface area (Å²) in [7, 11) is 0. The molecule has 1 amide bonds. The summed E-state index contributed by atoms with van der Waals surface area (Å²) in [6.45, 7) is 2.41. The van der Waals surface area contributed by atoms with Gasteiger partial charge >= 0.3 is 5.97 Å². The minimum atomic E-state index is -1.09. The first-order valence-corrected chi connectivity index (χ1v) is 7.83. The number of halogens is 1. The highest BCUT2D eigenvalue weighted by Gasteiger charge is 2.28. The average molecular weight is 344 g/mol. The molecule has 130 valence electrons. The number of morpholine rings is 1. The van der Waals surface area contributed by atoms with Gasteiger partial charge in [0.05, 0.1) is 24.4 Å². The lowest BCUT2D eigenvalue weighted by Gasteiger charge is -2.33. The summed E-state index contributed by atoms with van der Waals surface area (Å²) < 4.78 is 19.6. The van der Waals surface area contributed by atoms with Crippen molar-refractivity contribution in [1.82, 2.24) is 9.88 Å². The van der Waals surface area contributed by atoms with Crippen LogP contribution in [0.1, 0.15) is 38.2 Å². The third-order valence-corrected chi connectivity index (χ3v) is 4.14. The Bertz CT molecular complexity index is 824. The predicted molar refractivity (Wildman–Crippen MR) is 86.9 cm³/mol. The molecule has 1 aromatic heterocycles. The molecule has 1 unspecified atom stereocenters. The van der Waals surface area contributed by atoms with Crippen LogP contribution in [0.25, 0.3) is 0 Å². The number of aromatic carboxylic acids is 1. The molecule has 0 saturated carbocycles. The fourth-order valence-corrected chi connectivity index (χ4v) is 2.83. The van der Waals surface area contributed by atoms with E-state index in [1.165, 1.54) is 18.2 Å². The van der Waals surface area contributed by atoms with Gasteiger partial charge in [0, 0.05) is 12.1 Å². The fraction of sp³-hybridized carbons (Fsp3) is 0.278. The number of ether oxygens (including phenoxy) is 1. The van der Waals surface area contributed by atoms with Gasteiger partial charge in [-0.2, -0.15) is 0 Å². The second kappa shape index (κ2) is 6.98. The first-order chi connectivity index (χ1) is 12.0. The quantitative estimate of drug-likeness (QED) is 0.925. The number of hydrogen-bond donors (Lipinski definition) is 1. The molecule has 6 nitrogen and oxygen atoms in total. The molecular weight excluding hydrogens is 327 g/mol. The number of aryl methyl sites for hydroxylation is 1. The fourth-order valence-electron chi connectivity index (χ4n) is 2.83. The van der Waals surface area contributed by atoms with Crippen molar-refractivity contribution in [1.29, 1.82) is 0 Å². The molecule has 0 radical (unpaired) electrons. The summed E-state index contributed by atoms with van der Waals surface area (Å²) in [4.78, 5) is 29.4. The van der Waals surface area contributed by atoms with E-state index in [1.807, 2.05) is 0 Å². The van der Waals surface area contributed by atoms with Crippen molar-refractivity contribution < 1.29 is 23.8 Å². The van der Waals surface area contributed by atoms with Crippen LogP contribution in [0.5, 0.6) is 0 Å². The number of rotatable bonds is 3. The van der Waals surface area contributed by atoms with Crippen molar-refractivity contribution in [3.8, 4) is 0 Å². The zero-order valence-electron chi connectivity index (χ0n) is 13.6.